The lowest BCUT2D eigenvalue weighted by Crippen LogP contribution is -2.41. The molecule has 1 atom stereocenters. The Morgan fingerprint density at radius 1 is 1.12 bits per heavy atom. The van der Waals surface area contributed by atoms with Crippen LogP contribution in [0.1, 0.15) is 40.0 Å². The van der Waals surface area contributed by atoms with Gasteiger partial charge in [0, 0.05) is 25.9 Å². The van der Waals surface area contributed by atoms with Crippen molar-refractivity contribution in [2.24, 2.45) is 5.41 Å². The Kier molecular flexibility index (Phi) is 6.10. The summed E-state index contributed by atoms with van der Waals surface area (Å²) in [6, 6.07) is 0. The third kappa shape index (κ3) is 3.76. The highest BCUT2D eigenvalue weighted by atomic mass is 32.2. The zero-order valence-corrected chi connectivity index (χ0v) is 12.7. The van der Waals surface area contributed by atoms with Gasteiger partial charge in [0.25, 0.3) is 0 Å². The van der Waals surface area contributed by atoms with Crippen molar-refractivity contribution in [1.82, 2.24) is 9.21 Å². The average Bonchev–Trinajstić information content (AvgIpc) is 2.76. The van der Waals surface area contributed by atoms with Crippen LogP contribution in [0, 0.1) is 5.41 Å². The van der Waals surface area contributed by atoms with Gasteiger partial charge in [-0.15, -0.1) is 0 Å². The highest BCUT2D eigenvalue weighted by Crippen LogP contribution is 2.40. The molecule has 2 rings (SSSR count). The van der Waals surface area contributed by atoms with Gasteiger partial charge in [-0.25, -0.2) is 8.51 Å². The highest BCUT2D eigenvalue weighted by molar-refractivity contribution is 7.81. The quantitative estimate of drug-likeness (QED) is 0.759. The van der Waals surface area contributed by atoms with Crippen LogP contribution in [-0.2, 0) is 11.0 Å². The molecule has 0 amide bonds. The number of nitrogens with zero attached hydrogens (tertiary/aromatic N) is 2. The summed E-state index contributed by atoms with van der Waals surface area (Å²) < 4.78 is 13.5. The predicted molar refractivity (Wildman–Crippen MR) is 75.4 cm³/mol. The summed E-state index contributed by atoms with van der Waals surface area (Å²) in [4.78, 5) is 2.55. The van der Waals surface area contributed by atoms with Crippen LogP contribution in [0.2, 0.25) is 0 Å². The summed E-state index contributed by atoms with van der Waals surface area (Å²) in [5.41, 5.74) is 0.561. The Bertz CT molecular complexity index is 250. The third-order valence-corrected chi connectivity index (χ3v) is 5.20. The summed E-state index contributed by atoms with van der Waals surface area (Å²) in [5.74, 6) is 0. The molecule has 1 spiro atoms. The standard InChI is InChI=1S/C11H22N2OS.C2H6/c1-3-12-7-4-11(10-12)5-8-13(9-6-11)15(2)14;1-2/h3-10H2,1-2H3;1-2H3. The van der Waals surface area contributed by atoms with Crippen LogP contribution in [0.25, 0.3) is 0 Å². The minimum absolute atomic E-state index is 0.561. The number of rotatable bonds is 2. The molecule has 0 radical (unpaired) electrons. The fourth-order valence-electron chi connectivity index (χ4n) is 2.92. The lowest BCUT2D eigenvalue weighted by Gasteiger charge is -2.38. The van der Waals surface area contributed by atoms with Gasteiger partial charge in [-0.3, -0.25) is 0 Å². The molecular formula is C13H28N2OS. The molecule has 4 heteroatoms. The fraction of sp³-hybridized carbons (Fsp3) is 1.00. The molecule has 102 valence electrons. The van der Waals surface area contributed by atoms with E-state index >= 15 is 0 Å². The lowest BCUT2D eigenvalue weighted by atomic mass is 9.78. The van der Waals surface area contributed by atoms with Gasteiger partial charge in [0.1, 0.15) is 0 Å². The normalized spacial score (nSPS) is 26.6. The van der Waals surface area contributed by atoms with E-state index in [2.05, 4.69) is 16.1 Å². The van der Waals surface area contributed by atoms with Crippen molar-refractivity contribution >= 4 is 11.0 Å². The van der Waals surface area contributed by atoms with Crippen LogP contribution < -0.4 is 0 Å². The topological polar surface area (TPSA) is 23.6 Å². The van der Waals surface area contributed by atoms with E-state index in [4.69, 9.17) is 0 Å². The maximum absolute atomic E-state index is 11.3. The zero-order chi connectivity index (χ0) is 12.9. The molecule has 0 aromatic carbocycles. The Labute approximate surface area is 109 Å². The van der Waals surface area contributed by atoms with Crippen molar-refractivity contribution in [2.45, 2.75) is 40.0 Å². The van der Waals surface area contributed by atoms with E-state index in [1.807, 2.05) is 13.8 Å². The van der Waals surface area contributed by atoms with Crippen molar-refractivity contribution in [3.8, 4) is 0 Å². The monoisotopic (exact) mass is 260 g/mol. The first kappa shape index (κ1) is 15.1. The molecule has 0 saturated carbocycles. The van der Waals surface area contributed by atoms with E-state index in [1.54, 1.807) is 6.26 Å². The van der Waals surface area contributed by atoms with Crippen molar-refractivity contribution in [3.63, 3.8) is 0 Å². The molecule has 0 N–H and O–H groups in total. The van der Waals surface area contributed by atoms with E-state index in [1.165, 1.54) is 38.9 Å². The molecule has 2 fully saturated rings. The van der Waals surface area contributed by atoms with E-state index in [0.29, 0.717) is 5.41 Å². The van der Waals surface area contributed by atoms with Gasteiger partial charge in [-0.2, -0.15) is 0 Å². The zero-order valence-electron chi connectivity index (χ0n) is 11.9. The SMILES string of the molecule is CC.CCN1CCC2(CCN(S(C)=O)CC2)C1. The predicted octanol–water partition coefficient (Wildman–Crippen LogP) is 2.11. The third-order valence-electron chi connectivity index (χ3n) is 4.11. The second-order valence-electron chi connectivity index (χ2n) is 4.97. The minimum atomic E-state index is -0.760. The maximum Gasteiger partial charge on any atom is 0.0910 e. The smallest absolute Gasteiger partial charge is 0.0910 e. The molecular weight excluding hydrogens is 232 g/mol. The van der Waals surface area contributed by atoms with Gasteiger partial charge in [0.05, 0.1) is 11.0 Å². The number of piperidine rings is 1. The average molecular weight is 260 g/mol. The Balaban J connectivity index is 0.000000686. The van der Waals surface area contributed by atoms with Crippen LogP contribution in [0.3, 0.4) is 0 Å². The Morgan fingerprint density at radius 2 is 1.65 bits per heavy atom. The van der Waals surface area contributed by atoms with Crippen molar-refractivity contribution in [2.75, 3.05) is 39.0 Å². The lowest BCUT2D eigenvalue weighted by molar-refractivity contribution is 0.160. The summed E-state index contributed by atoms with van der Waals surface area (Å²) in [7, 11) is -0.760. The van der Waals surface area contributed by atoms with Crippen LogP contribution >= 0.6 is 0 Å². The van der Waals surface area contributed by atoms with Crippen molar-refractivity contribution < 1.29 is 4.21 Å². The number of hydrogen-bond acceptors (Lipinski definition) is 2. The van der Waals surface area contributed by atoms with Gasteiger partial charge in [-0.05, 0) is 37.8 Å². The van der Waals surface area contributed by atoms with Gasteiger partial charge in [0.2, 0.25) is 0 Å². The van der Waals surface area contributed by atoms with Crippen molar-refractivity contribution in [1.29, 1.82) is 0 Å². The first-order valence-electron chi connectivity index (χ1n) is 6.96. The fourth-order valence-corrected chi connectivity index (χ4v) is 3.62. The molecule has 17 heavy (non-hydrogen) atoms. The van der Waals surface area contributed by atoms with Crippen LogP contribution in [0.15, 0.2) is 0 Å². The summed E-state index contributed by atoms with van der Waals surface area (Å²) in [5, 5.41) is 0. The summed E-state index contributed by atoms with van der Waals surface area (Å²) in [6.45, 7) is 12.0. The minimum Gasteiger partial charge on any atom is -0.303 e. The molecule has 0 aromatic heterocycles. The highest BCUT2D eigenvalue weighted by Gasteiger charge is 2.40. The largest absolute Gasteiger partial charge is 0.303 e. The van der Waals surface area contributed by atoms with Gasteiger partial charge in [0.15, 0.2) is 0 Å². The van der Waals surface area contributed by atoms with Gasteiger partial charge in [-0.1, -0.05) is 20.8 Å². The summed E-state index contributed by atoms with van der Waals surface area (Å²) in [6.07, 6.45) is 5.63. The number of hydrogen-bond donors (Lipinski definition) is 0. The summed E-state index contributed by atoms with van der Waals surface area (Å²) >= 11 is 0. The van der Waals surface area contributed by atoms with Gasteiger partial charge < -0.3 is 4.90 Å². The molecule has 0 aromatic rings. The molecule has 3 nitrogen and oxygen atoms in total. The first-order chi connectivity index (χ1) is 8.15. The number of likely N-dealkylation sites (tertiary alicyclic amines) is 1. The van der Waals surface area contributed by atoms with E-state index in [9.17, 15) is 4.21 Å². The molecule has 2 aliphatic heterocycles. The Hall–Kier alpha value is 0.0700. The molecule has 2 saturated heterocycles. The molecule has 1 unspecified atom stereocenters. The van der Waals surface area contributed by atoms with Crippen molar-refractivity contribution in [3.05, 3.63) is 0 Å². The Morgan fingerprint density at radius 3 is 2.06 bits per heavy atom. The molecule has 0 aliphatic carbocycles. The van der Waals surface area contributed by atoms with Crippen LogP contribution in [0.4, 0.5) is 0 Å². The van der Waals surface area contributed by atoms with Gasteiger partial charge >= 0.3 is 0 Å². The first-order valence-corrected chi connectivity index (χ1v) is 8.47. The second kappa shape index (κ2) is 6.86. The van der Waals surface area contributed by atoms with E-state index in [0.717, 1.165) is 13.1 Å². The molecule has 2 aliphatic rings. The van der Waals surface area contributed by atoms with E-state index in [-0.39, 0.29) is 0 Å². The van der Waals surface area contributed by atoms with Crippen LogP contribution in [-0.4, -0.2) is 52.4 Å². The van der Waals surface area contributed by atoms with E-state index < -0.39 is 11.0 Å². The van der Waals surface area contributed by atoms with Crippen LogP contribution in [0.5, 0.6) is 0 Å². The maximum atomic E-state index is 11.3. The second-order valence-corrected chi connectivity index (χ2v) is 6.34. The molecule has 0 bridgehead atoms. The molecule has 2 heterocycles.